The Morgan fingerprint density at radius 1 is 1.11 bits per heavy atom. The molecule has 142 valence electrons. The maximum absolute atomic E-state index is 11.6. The molecule has 1 amide bonds. The molecule has 8 nitrogen and oxygen atoms in total. The van der Waals surface area contributed by atoms with Crippen LogP contribution in [0.5, 0.6) is 0 Å². The van der Waals surface area contributed by atoms with Gasteiger partial charge in [-0.2, -0.15) is 5.10 Å². The molecular weight excluding hydrogens is 382 g/mol. The summed E-state index contributed by atoms with van der Waals surface area (Å²) in [6.07, 6.45) is 1.20. The van der Waals surface area contributed by atoms with E-state index >= 15 is 0 Å². The third kappa shape index (κ3) is 4.63. The third-order valence-corrected chi connectivity index (χ3v) is 4.94. The molecule has 1 heterocycles. The van der Waals surface area contributed by atoms with E-state index in [0.717, 1.165) is 22.9 Å². The fraction of sp³-hybridized carbons (Fsp3) is 0.105. The van der Waals surface area contributed by atoms with Gasteiger partial charge in [0.2, 0.25) is 5.91 Å². The number of aromatic carboxylic acids is 1. The number of hydrogen-bond donors (Lipinski definition) is 3. The van der Waals surface area contributed by atoms with Gasteiger partial charge in [0.25, 0.3) is 0 Å². The number of nitrogens with one attached hydrogen (secondary N) is 1. The van der Waals surface area contributed by atoms with E-state index in [1.54, 1.807) is 48.5 Å². The Morgan fingerprint density at radius 3 is 2.50 bits per heavy atom. The standard InChI is InChI=1S/C19H15N3O5S/c23-16(24)9-15-17(25)21-19(28-15)22-20-10-11-5-7-12(8-6-11)13-3-1-2-4-14(13)18(26)27/h1-8,10,15H,9H2,(H,23,24)(H,26,27)(H,21,22,25). The van der Waals surface area contributed by atoms with E-state index < -0.39 is 23.1 Å². The normalized spacial score (nSPS) is 17.8. The van der Waals surface area contributed by atoms with Gasteiger partial charge in [-0.1, -0.05) is 54.2 Å². The molecule has 0 aliphatic carbocycles. The summed E-state index contributed by atoms with van der Waals surface area (Å²) >= 11 is 1.03. The lowest BCUT2D eigenvalue weighted by molar-refractivity contribution is -0.138. The van der Waals surface area contributed by atoms with Gasteiger partial charge in [0, 0.05) is 0 Å². The number of amidine groups is 1. The van der Waals surface area contributed by atoms with Crippen molar-refractivity contribution in [3.8, 4) is 11.1 Å². The third-order valence-electron chi connectivity index (χ3n) is 3.87. The number of rotatable bonds is 6. The van der Waals surface area contributed by atoms with Gasteiger partial charge in [-0.25, -0.2) is 4.79 Å². The van der Waals surface area contributed by atoms with E-state index in [1.807, 2.05) is 0 Å². The summed E-state index contributed by atoms with van der Waals surface area (Å²) in [6.45, 7) is 0. The van der Waals surface area contributed by atoms with Crippen LogP contribution in [0.1, 0.15) is 22.3 Å². The fourth-order valence-electron chi connectivity index (χ4n) is 2.56. The minimum absolute atomic E-state index is 0.222. The number of carbonyl (C=O) groups excluding carboxylic acids is 1. The number of carboxylic acids is 2. The number of thioether (sulfide) groups is 1. The summed E-state index contributed by atoms with van der Waals surface area (Å²) in [5.41, 5.74) is 2.34. The Kier molecular flexibility index (Phi) is 5.85. The molecule has 3 rings (SSSR count). The fourth-order valence-corrected chi connectivity index (χ4v) is 3.48. The van der Waals surface area contributed by atoms with Crippen LogP contribution in [0.4, 0.5) is 0 Å². The number of aliphatic carboxylic acids is 1. The first-order chi connectivity index (χ1) is 13.4. The Hall–Kier alpha value is -3.46. The van der Waals surface area contributed by atoms with Crippen LogP contribution in [0, 0.1) is 0 Å². The van der Waals surface area contributed by atoms with Crippen molar-refractivity contribution >= 4 is 41.0 Å². The van der Waals surface area contributed by atoms with Gasteiger partial charge in [0.15, 0.2) is 5.17 Å². The van der Waals surface area contributed by atoms with Crippen molar-refractivity contribution in [2.24, 2.45) is 10.2 Å². The predicted molar refractivity (Wildman–Crippen MR) is 106 cm³/mol. The summed E-state index contributed by atoms with van der Waals surface area (Å²) < 4.78 is 0. The molecule has 3 N–H and O–H groups in total. The molecule has 2 aromatic carbocycles. The highest BCUT2D eigenvalue weighted by molar-refractivity contribution is 8.15. The van der Waals surface area contributed by atoms with Gasteiger partial charge >= 0.3 is 11.9 Å². The van der Waals surface area contributed by atoms with Crippen LogP contribution >= 0.6 is 11.8 Å². The van der Waals surface area contributed by atoms with Crippen molar-refractivity contribution < 1.29 is 24.6 Å². The number of carbonyl (C=O) groups is 3. The molecule has 9 heteroatoms. The second kappa shape index (κ2) is 8.49. The van der Waals surface area contributed by atoms with Crippen LogP contribution in [0.3, 0.4) is 0 Å². The van der Waals surface area contributed by atoms with Crippen LogP contribution < -0.4 is 5.32 Å². The second-order valence-electron chi connectivity index (χ2n) is 5.82. The zero-order valence-electron chi connectivity index (χ0n) is 14.4. The number of amides is 1. The molecule has 1 fully saturated rings. The minimum atomic E-state index is -1.05. The summed E-state index contributed by atoms with van der Waals surface area (Å²) in [7, 11) is 0. The summed E-state index contributed by atoms with van der Waals surface area (Å²) in [6, 6.07) is 13.8. The average molecular weight is 397 g/mol. The van der Waals surface area contributed by atoms with Crippen LogP contribution in [-0.4, -0.2) is 44.7 Å². The van der Waals surface area contributed by atoms with Gasteiger partial charge < -0.3 is 15.5 Å². The Labute approximate surface area is 164 Å². The topological polar surface area (TPSA) is 128 Å². The molecule has 28 heavy (non-hydrogen) atoms. The lowest BCUT2D eigenvalue weighted by Crippen LogP contribution is -2.26. The highest BCUT2D eigenvalue weighted by atomic mass is 32.2. The maximum Gasteiger partial charge on any atom is 0.336 e. The van der Waals surface area contributed by atoms with Crippen molar-refractivity contribution in [2.75, 3.05) is 0 Å². The van der Waals surface area contributed by atoms with Crippen molar-refractivity contribution in [2.45, 2.75) is 11.7 Å². The van der Waals surface area contributed by atoms with Crippen molar-refractivity contribution in [3.05, 3.63) is 59.7 Å². The van der Waals surface area contributed by atoms with E-state index in [4.69, 9.17) is 5.11 Å². The molecule has 0 bridgehead atoms. The van der Waals surface area contributed by atoms with Crippen molar-refractivity contribution in [1.29, 1.82) is 0 Å². The van der Waals surface area contributed by atoms with E-state index in [2.05, 4.69) is 15.5 Å². The first-order valence-electron chi connectivity index (χ1n) is 8.17. The first-order valence-corrected chi connectivity index (χ1v) is 9.05. The van der Waals surface area contributed by atoms with Crippen molar-refractivity contribution in [3.63, 3.8) is 0 Å². The predicted octanol–water partition coefficient (Wildman–Crippen LogP) is 2.45. The van der Waals surface area contributed by atoms with E-state index in [-0.39, 0.29) is 17.2 Å². The van der Waals surface area contributed by atoms with Crippen LogP contribution in [0.2, 0.25) is 0 Å². The molecule has 1 unspecified atom stereocenters. The molecule has 0 radical (unpaired) electrons. The van der Waals surface area contributed by atoms with Gasteiger partial charge in [0.1, 0.15) is 5.25 Å². The minimum Gasteiger partial charge on any atom is -0.481 e. The zero-order chi connectivity index (χ0) is 20.1. The molecule has 1 atom stereocenters. The molecule has 0 aromatic heterocycles. The molecule has 1 aliphatic rings. The number of hydrogen-bond acceptors (Lipinski definition) is 6. The summed E-state index contributed by atoms with van der Waals surface area (Å²) in [5.74, 6) is -2.45. The molecule has 0 spiro atoms. The highest BCUT2D eigenvalue weighted by Gasteiger charge is 2.32. The van der Waals surface area contributed by atoms with E-state index in [9.17, 15) is 19.5 Å². The molecule has 1 saturated heterocycles. The largest absolute Gasteiger partial charge is 0.481 e. The lowest BCUT2D eigenvalue weighted by atomic mass is 9.99. The monoisotopic (exact) mass is 397 g/mol. The van der Waals surface area contributed by atoms with Crippen LogP contribution in [-0.2, 0) is 9.59 Å². The SMILES string of the molecule is O=C(O)CC1SC(=NN=Cc2ccc(-c3ccccc3C(=O)O)cc2)NC1=O. The van der Waals surface area contributed by atoms with E-state index in [1.165, 1.54) is 6.21 Å². The van der Waals surface area contributed by atoms with Gasteiger partial charge in [-0.3, -0.25) is 9.59 Å². The lowest BCUT2D eigenvalue weighted by Gasteiger charge is -2.06. The van der Waals surface area contributed by atoms with Crippen molar-refractivity contribution in [1.82, 2.24) is 5.32 Å². The summed E-state index contributed by atoms with van der Waals surface area (Å²) in [4.78, 5) is 33.7. The molecule has 0 saturated carbocycles. The van der Waals surface area contributed by atoms with Crippen LogP contribution in [0.25, 0.3) is 11.1 Å². The number of nitrogens with zero attached hydrogens (tertiary/aromatic N) is 2. The van der Waals surface area contributed by atoms with Gasteiger partial charge in [-0.15, -0.1) is 5.10 Å². The average Bonchev–Trinajstić information content (AvgIpc) is 3.01. The first kappa shape index (κ1) is 19.3. The Balaban J connectivity index is 1.69. The number of carboxylic acid groups (broad SMARTS) is 2. The second-order valence-corrected chi connectivity index (χ2v) is 7.01. The van der Waals surface area contributed by atoms with Gasteiger partial charge in [0.05, 0.1) is 18.2 Å². The number of benzene rings is 2. The maximum atomic E-state index is 11.6. The quantitative estimate of drug-likeness (QED) is 0.507. The zero-order valence-corrected chi connectivity index (χ0v) is 15.2. The Morgan fingerprint density at radius 2 is 1.82 bits per heavy atom. The summed E-state index contributed by atoms with van der Waals surface area (Å²) in [5, 5.41) is 27.9. The molecule has 1 aliphatic heterocycles. The smallest absolute Gasteiger partial charge is 0.336 e. The van der Waals surface area contributed by atoms with Crippen LogP contribution in [0.15, 0.2) is 58.7 Å². The Bertz CT molecular complexity index is 985. The van der Waals surface area contributed by atoms with Gasteiger partial charge in [-0.05, 0) is 22.8 Å². The van der Waals surface area contributed by atoms with E-state index in [0.29, 0.717) is 5.56 Å². The highest BCUT2D eigenvalue weighted by Crippen LogP contribution is 2.24. The molecular formula is C19H15N3O5S. The molecule has 2 aromatic rings.